The molecule has 2 unspecified atom stereocenters. The van der Waals surface area contributed by atoms with Crippen LogP contribution in [0.5, 0.6) is 0 Å². The Morgan fingerprint density at radius 3 is 2.56 bits per heavy atom. The van der Waals surface area contributed by atoms with Gasteiger partial charge in [0.2, 0.25) is 0 Å². The fraction of sp³-hybridized carbons (Fsp3) is 0.381. The van der Waals surface area contributed by atoms with E-state index in [0.29, 0.717) is 5.56 Å². The lowest BCUT2D eigenvalue weighted by atomic mass is 9.99. The van der Waals surface area contributed by atoms with Gasteiger partial charge in [0.1, 0.15) is 18.8 Å². The van der Waals surface area contributed by atoms with E-state index in [-0.39, 0.29) is 10.8 Å². The number of aliphatic hydroxyl groups is 2. The van der Waals surface area contributed by atoms with E-state index in [4.69, 9.17) is 17.0 Å². The lowest BCUT2D eigenvalue weighted by molar-refractivity contribution is -0.181. The zero-order valence-electron chi connectivity index (χ0n) is 17.8. The number of thiocarbonyl (C=S) groups is 1. The van der Waals surface area contributed by atoms with Crippen molar-refractivity contribution in [2.45, 2.75) is 37.8 Å². The standard InChI is InChI=1S/C21H22FN3O8S/c1-10(14(28)11-5-3-2-4-6-11)19(34)23-9-13(27)32-18(22)17-15(29)16(30)20(33-17)25-8-7-12(26)24-21(25)31/h2-8,10,15-18,20,29-30H,9H2,1H3,(H,23,34)(H,24,26,31)/t10?,15-,16+,17-,18?,20+/m0/s1. The van der Waals surface area contributed by atoms with Crippen molar-refractivity contribution in [3.05, 3.63) is 69.0 Å². The molecule has 182 valence electrons. The van der Waals surface area contributed by atoms with Crippen LogP contribution >= 0.6 is 12.2 Å². The Morgan fingerprint density at radius 1 is 1.24 bits per heavy atom. The quantitative estimate of drug-likeness (QED) is 0.212. The van der Waals surface area contributed by atoms with Gasteiger partial charge < -0.3 is 25.0 Å². The molecular formula is C21H22FN3O8S. The van der Waals surface area contributed by atoms with Crippen molar-refractivity contribution in [1.82, 2.24) is 14.9 Å². The number of hydrogen-bond donors (Lipinski definition) is 4. The van der Waals surface area contributed by atoms with Gasteiger partial charge in [-0.25, -0.2) is 4.79 Å². The summed E-state index contributed by atoms with van der Waals surface area (Å²) in [5.74, 6) is -2.13. The van der Waals surface area contributed by atoms with Crippen molar-refractivity contribution in [2.24, 2.45) is 5.92 Å². The molecule has 6 atom stereocenters. The van der Waals surface area contributed by atoms with Gasteiger partial charge in [0, 0.05) is 17.8 Å². The second kappa shape index (κ2) is 10.8. The van der Waals surface area contributed by atoms with Crippen LogP contribution in [0.2, 0.25) is 0 Å². The number of aromatic nitrogens is 2. The maximum atomic E-state index is 14.6. The van der Waals surface area contributed by atoms with Crippen molar-refractivity contribution in [3.63, 3.8) is 0 Å². The minimum absolute atomic E-state index is 0.0475. The highest BCUT2D eigenvalue weighted by Crippen LogP contribution is 2.31. The third-order valence-electron chi connectivity index (χ3n) is 5.15. The SMILES string of the molecule is CC(C(=O)c1ccccc1)C(=S)NCC(=O)OC(F)[C@H]1O[C@@H](n2ccc(=O)[nH]c2=O)[C@H](O)[C@@H]1O. The zero-order chi connectivity index (χ0) is 25.0. The van der Waals surface area contributed by atoms with Crippen molar-refractivity contribution in [2.75, 3.05) is 6.54 Å². The van der Waals surface area contributed by atoms with Crippen LogP contribution in [0.25, 0.3) is 0 Å². The first-order chi connectivity index (χ1) is 16.1. The predicted molar refractivity (Wildman–Crippen MR) is 119 cm³/mol. The lowest BCUT2D eigenvalue weighted by Gasteiger charge is -2.20. The summed E-state index contributed by atoms with van der Waals surface area (Å²) >= 11 is 5.13. The first-order valence-corrected chi connectivity index (χ1v) is 10.5. The van der Waals surface area contributed by atoms with Gasteiger partial charge in [0.15, 0.2) is 18.1 Å². The molecule has 1 saturated heterocycles. The smallest absolute Gasteiger partial charge is 0.330 e. The summed E-state index contributed by atoms with van der Waals surface area (Å²) in [5.41, 5.74) is -1.21. The van der Waals surface area contributed by atoms with Crippen LogP contribution in [0, 0.1) is 5.92 Å². The molecule has 11 nitrogen and oxygen atoms in total. The van der Waals surface area contributed by atoms with E-state index in [1.807, 2.05) is 4.98 Å². The normalized spacial score (nSPS) is 23.6. The fourth-order valence-electron chi connectivity index (χ4n) is 3.28. The van der Waals surface area contributed by atoms with Crippen LogP contribution in [0.1, 0.15) is 23.5 Å². The number of aromatic amines is 1. The van der Waals surface area contributed by atoms with Gasteiger partial charge in [0.05, 0.1) is 10.9 Å². The molecule has 3 rings (SSSR count). The topological polar surface area (TPSA) is 160 Å². The Labute approximate surface area is 197 Å². The maximum absolute atomic E-state index is 14.6. The lowest BCUT2D eigenvalue weighted by Crippen LogP contribution is -2.41. The van der Waals surface area contributed by atoms with Crippen LogP contribution in [0.3, 0.4) is 0 Å². The molecule has 1 aliphatic rings. The summed E-state index contributed by atoms with van der Waals surface area (Å²) in [7, 11) is 0. The summed E-state index contributed by atoms with van der Waals surface area (Å²) in [5, 5.41) is 22.8. The molecule has 1 aliphatic heterocycles. The van der Waals surface area contributed by atoms with Crippen LogP contribution in [-0.2, 0) is 14.3 Å². The van der Waals surface area contributed by atoms with Gasteiger partial charge in [-0.2, -0.15) is 4.39 Å². The molecule has 0 spiro atoms. The molecule has 1 aromatic heterocycles. The average Bonchev–Trinajstić information content (AvgIpc) is 3.11. The summed E-state index contributed by atoms with van der Waals surface area (Å²) in [6.45, 7) is 0.983. The van der Waals surface area contributed by atoms with E-state index in [1.54, 1.807) is 37.3 Å². The summed E-state index contributed by atoms with van der Waals surface area (Å²) in [6.07, 6.45) is -8.43. The maximum Gasteiger partial charge on any atom is 0.330 e. The molecule has 0 amide bonds. The summed E-state index contributed by atoms with van der Waals surface area (Å²) < 4.78 is 25.1. The number of aliphatic hydroxyl groups excluding tert-OH is 2. The fourth-order valence-corrected chi connectivity index (χ4v) is 3.46. The molecule has 2 heterocycles. The van der Waals surface area contributed by atoms with Gasteiger partial charge in [-0.15, -0.1) is 0 Å². The van der Waals surface area contributed by atoms with Gasteiger partial charge in [-0.05, 0) is 6.92 Å². The Kier molecular flexibility index (Phi) is 8.04. The molecule has 1 fully saturated rings. The number of esters is 1. The van der Waals surface area contributed by atoms with Gasteiger partial charge in [-0.1, -0.05) is 42.5 Å². The molecule has 0 saturated carbocycles. The first kappa shape index (κ1) is 25.4. The number of carbonyl (C=O) groups excluding carboxylic acids is 2. The number of alkyl halides is 1. The van der Waals surface area contributed by atoms with Crippen molar-refractivity contribution >= 4 is 29.0 Å². The van der Waals surface area contributed by atoms with Gasteiger partial charge in [-0.3, -0.25) is 23.9 Å². The van der Waals surface area contributed by atoms with Gasteiger partial charge >= 0.3 is 11.7 Å². The Balaban J connectivity index is 1.54. The summed E-state index contributed by atoms with van der Waals surface area (Å²) in [6, 6.07) is 9.38. The third kappa shape index (κ3) is 5.62. The van der Waals surface area contributed by atoms with Gasteiger partial charge in [0.25, 0.3) is 11.9 Å². The van der Waals surface area contributed by atoms with E-state index < -0.39 is 60.6 Å². The van der Waals surface area contributed by atoms with E-state index >= 15 is 0 Å². The Hall–Kier alpha value is -3.26. The van der Waals surface area contributed by atoms with Crippen molar-refractivity contribution < 1.29 is 33.7 Å². The number of Topliss-reactive ketones (excluding diaryl/α,β-unsaturated/α-hetero) is 1. The second-order valence-electron chi connectivity index (χ2n) is 7.50. The number of ketones is 1. The van der Waals surface area contributed by atoms with Crippen molar-refractivity contribution in [3.8, 4) is 0 Å². The highest BCUT2D eigenvalue weighted by molar-refractivity contribution is 7.80. The Morgan fingerprint density at radius 2 is 1.91 bits per heavy atom. The molecule has 0 radical (unpaired) electrons. The molecule has 1 aromatic carbocycles. The number of halogens is 1. The number of hydrogen-bond acceptors (Lipinski definition) is 9. The van der Waals surface area contributed by atoms with E-state index in [2.05, 4.69) is 10.1 Å². The number of nitrogens with one attached hydrogen (secondary N) is 2. The summed E-state index contributed by atoms with van der Waals surface area (Å²) in [4.78, 5) is 49.5. The number of benzene rings is 1. The number of nitrogens with zero attached hydrogens (tertiary/aromatic N) is 1. The zero-order valence-corrected chi connectivity index (χ0v) is 18.6. The number of ether oxygens (including phenoxy) is 2. The van der Waals surface area contributed by atoms with E-state index in [9.17, 15) is 33.8 Å². The number of rotatable bonds is 8. The van der Waals surface area contributed by atoms with Crippen LogP contribution in [-0.4, -0.2) is 67.7 Å². The van der Waals surface area contributed by atoms with E-state index in [0.717, 1.165) is 16.8 Å². The second-order valence-corrected chi connectivity index (χ2v) is 7.94. The molecule has 0 bridgehead atoms. The first-order valence-electron chi connectivity index (χ1n) is 10.1. The molecule has 2 aromatic rings. The van der Waals surface area contributed by atoms with Crippen LogP contribution in [0.4, 0.5) is 4.39 Å². The monoisotopic (exact) mass is 495 g/mol. The third-order valence-corrected chi connectivity index (χ3v) is 5.65. The molecule has 4 N–H and O–H groups in total. The highest BCUT2D eigenvalue weighted by Gasteiger charge is 2.49. The van der Waals surface area contributed by atoms with Crippen molar-refractivity contribution in [1.29, 1.82) is 0 Å². The molecular weight excluding hydrogens is 473 g/mol. The molecule has 0 aliphatic carbocycles. The number of carbonyl (C=O) groups is 2. The number of H-pyrrole nitrogens is 1. The minimum Gasteiger partial charge on any atom is -0.427 e. The van der Waals surface area contributed by atoms with Crippen LogP contribution < -0.4 is 16.6 Å². The highest BCUT2D eigenvalue weighted by atomic mass is 32.1. The minimum atomic E-state index is -2.50. The average molecular weight is 495 g/mol. The van der Waals surface area contributed by atoms with Crippen LogP contribution in [0.15, 0.2) is 52.2 Å². The largest absolute Gasteiger partial charge is 0.427 e. The van der Waals surface area contributed by atoms with E-state index in [1.165, 1.54) is 0 Å². The molecule has 13 heteroatoms. The Bertz CT molecular complexity index is 1170. The molecule has 34 heavy (non-hydrogen) atoms. The predicted octanol–water partition coefficient (Wildman–Crippen LogP) is -0.569.